The quantitative estimate of drug-likeness (QED) is 0.591. The number of ether oxygens (including phenoxy) is 2. The molecule has 0 saturated carbocycles. The first kappa shape index (κ1) is 15.8. The summed E-state index contributed by atoms with van der Waals surface area (Å²) >= 11 is 0. The standard InChI is InChI=1S/C12H26O4/c1-11(2,5-7-13)15-9-10-16-12(3,4)6-8-14/h13-14H,5-10H2,1-4H3. The Morgan fingerprint density at radius 1 is 0.750 bits per heavy atom. The Morgan fingerprint density at radius 2 is 1.06 bits per heavy atom. The number of rotatable bonds is 9. The first-order valence-electron chi connectivity index (χ1n) is 5.83. The van der Waals surface area contributed by atoms with E-state index in [1.807, 2.05) is 27.7 Å². The molecule has 0 atom stereocenters. The van der Waals surface area contributed by atoms with Crippen molar-refractivity contribution in [3.05, 3.63) is 0 Å². The molecule has 0 aliphatic carbocycles. The fraction of sp³-hybridized carbons (Fsp3) is 1.00. The van der Waals surface area contributed by atoms with Gasteiger partial charge in [0.2, 0.25) is 0 Å². The van der Waals surface area contributed by atoms with Crippen LogP contribution < -0.4 is 0 Å². The Bertz CT molecular complexity index is 158. The van der Waals surface area contributed by atoms with Gasteiger partial charge in [0, 0.05) is 13.2 Å². The van der Waals surface area contributed by atoms with E-state index in [0.717, 1.165) is 0 Å². The molecule has 0 saturated heterocycles. The van der Waals surface area contributed by atoms with Gasteiger partial charge in [-0.1, -0.05) is 0 Å². The zero-order chi connectivity index (χ0) is 12.7. The van der Waals surface area contributed by atoms with Crippen LogP contribution in [0.2, 0.25) is 0 Å². The van der Waals surface area contributed by atoms with Gasteiger partial charge in [0.15, 0.2) is 0 Å². The SMILES string of the molecule is CC(C)(CCO)OCCOC(C)(C)CCO. The molecule has 0 heterocycles. The molecule has 98 valence electrons. The number of aliphatic hydroxyl groups excluding tert-OH is 2. The molecule has 0 bridgehead atoms. The summed E-state index contributed by atoms with van der Waals surface area (Å²) in [6.45, 7) is 9.05. The molecule has 4 heteroatoms. The maximum absolute atomic E-state index is 8.82. The van der Waals surface area contributed by atoms with E-state index in [-0.39, 0.29) is 24.4 Å². The van der Waals surface area contributed by atoms with Gasteiger partial charge in [-0.3, -0.25) is 0 Å². The van der Waals surface area contributed by atoms with E-state index in [2.05, 4.69) is 0 Å². The Hall–Kier alpha value is -0.160. The molecule has 0 rings (SSSR count). The summed E-state index contributed by atoms with van der Waals surface area (Å²) in [5.41, 5.74) is -0.613. The molecule has 0 aromatic rings. The van der Waals surface area contributed by atoms with Crippen molar-refractivity contribution in [1.29, 1.82) is 0 Å². The molecule has 4 nitrogen and oxygen atoms in total. The van der Waals surface area contributed by atoms with Crippen molar-refractivity contribution < 1.29 is 19.7 Å². The molecule has 0 fully saturated rings. The van der Waals surface area contributed by atoms with Gasteiger partial charge in [0.1, 0.15) is 0 Å². The van der Waals surface area contributed by atoms with Crippen LogP contribution in [0.5, 0.6) is 0 Å². The number of hydrogen-bond donors (Lipinski definition) is 2. The molecule has 0 aliphatic heterocycles. The van der Waals surface area contributed by atoms with E-state index in [1.54, 1.807) is 0 Å². The van der Waals surface area contributed by atoms with Crippen molar-refractivity contribution >= 4 is 0 Å². The van der Waals surface area contributed by atoms with Crippen LogP contribution in [0.1, 0.15) is 40.5 Å². The highest BCUT2D eigenvalue weighted by molar-refractivity contribution is 4.69. The van der Waals surface area contributed by atoms with Gasteiger partial charge in [-0.2, -0.15) is 0 Å². The van der Waals surface area contributed by atoms with Crippen LogP contribution in [-0.2, 0) is 9.47 Å². The largest absolute Gasteiger partial charge is 0.396 e. The lowest BCUT2D eigenvalue weighted by Crippen LogP contribution is -2.31. The topological polar surface area (TPSA) is 58.9 Å². The summed E-state index contributed by atoms with van der Waals surface area (Å²) in [6.07, 6.45) is 1.24. The van der Waals surface area contributed by atoms with Crippen LogP contribution >= 0.6 is 0 Å². The minimum Gasteiger partial charge on any atom is -0.396 e. The van der Waals surface area contributed by atoms with Gasteiger partial charge in [-0.25, -0.2) is 0 Å². The second kappa shape index (κ2) is 7.22. The van der Waals surface area contributed by atoms with Crippen LogP contribution in [0.25, 0.3) is 0 Å². The van der Waals surface area contributed by atoms with Gasteiger partial charge >= 0.3 is 0 Å². The van der Waals surface area contributed by atoms with E-state index in [0.29, 0.717) is 26.1 Å². The molecule has 0 unspecified atom stereocenters. The maximum Gasteiger partial charge on any atom is 0.0708 e. The zero-order valence-electron chi connectivity index (χ0n) is 11.0. The summed E-state index contributed by atoms with van der Waals surface area (Å²) in [5, 5.41) is 17.6. The van der Waals surface area contributed by atoms with E-state index in [9.17, 15) is 0 Å². The van der Waals surface area contributed by atoms with Crippen molar-refractivity contribution in [2.24, 2.45) is 0 Å². The lowest BCUT2D eigenvalue weighted by Gasteiger charge is -2.27. The highest BCUT2D eigenvalue weighted by atomic mass is 16.5. The number of aliphatic hydroxyl groups is 2. The average molecular weight is 234 g/mol. The van der Waals surface area contributed by atoms with Crippen molar-refractivity contribution in [1.82, 2.24) is 0 Å². The maximum atomic E-state index is 8.82. The predicted octanol–water partition coefficient (Wildman–Crippen LogP) is 1.34. The predicted molar refractivity (Wildman–Crippen MR) is 63.5 cm³/mol. The van der Waals surface area contributed by atoms with Gasteiger partial charge in [-0.05, 0) is 40.5 Å². The van der Waals surface area contributed by atoms with Gasteiger partial charge in [-0.15, -0.1) is 0 Å². The summed E-state index contributed by atoms with van der Waals surface area (Å²) in [6, 6.07) is 0. The van der Waals surface area contributed by atoms with E-state index in [4.69, 9.17) is 19.7 Å². The molecule has 0 spiro atoms. The second-order valence-corrected chi connectivity index (χ2v) is 5.16. The summed E-state index contributed by atoms with van der Waals surface area (Å²) in [7, 11) is 0. The smallest absolute Gasteiger partial charge is 0.0708 e. The third kappa shape index (κ3) is 8.05. The van der Waals surface area contributed by atoms with Gasteiger partial charge in [0.05, 0.1) is 24.4 Å². The normalized spacial score (nSPS) is 13.1. The molecule has 0 amide bonds. The highest BCUT2D eigenvalue weighted by Gasteiger charge is 2.20. The summed E-state index contributed by atoms with van der Waals surface area (Å²) in [5.74, 6) is 0. The first-order valence-corrected chi connectivity index (χ1v) is 5.83. The minimum absolute atomic E-state index is 0.129. The Kier molecular flexibility index (Phi) is 7.15. The number of hydrogen-bond acceptors (Lipinski definition) is 4. The first-order chi connectivity index (χ1) is 7.33. The van der Waals surface area contributed by atoms with Crippen molar-refractivity contribution in [3.8, 4) is 0 Å². The van der Waals surface area contributed by atoms with Crippen molar-refractivity contribution in [3.63, 3.8) is 0 Å². The van der Waals surface area contributed by atoms with Crippen LogP contribution in [0.4, 0.5) is 0 Å². The third-order valence-electron chi connectivity index (χ3n) is 2.50. The lowest BCUT2D eigenvalue weighted by atomic mass is 10.1. The second-order valence-electron chi connectivity index (χ2n) is 5.16. The van der Waals surface area contributed by atoms with Crippen molar-refractivity contribution in [2.75, 3.05) is 26.4 Å². The minimum atomic E-state index is -0.306. The lowest BCUT2D eigenvalue weighted by molar-refractivity contribution is -0.0944. The molecule has 16 heavy (non-hydrogen) atoms. The fourth-order valence-electron chi connectivity index (χ4n) is 1.32. The van der Waals surface area contributed by atoms with Gasteiger partial charge in [0.25, 0.3) is 0 Å². The molecule has 0 radical (unpaired) electrons. The average Bonchev–Trinajstić information content (AvgIpc) is 2.12. The van der Waals surface area contributed by atoms with Gasteiger partial charge < -0.3 is 19.7 Å². The van der Waals surface area contributed by atoms with Crippen molar-refractivity contribution in [2.45, 2.75) is 51.7 Å². The van der Waals surface area contributed by atoms with E-state index < -0.39 is 0 Å². The van der Waals surface area contributed by atoms with Crippen LogP contribution in [0, 0.1) is 0 Å². The molecule has 0 aromatic carbocycles. The summed E-state index contributed by atoms with van der Waals surface area (Å²) < 4.78 is 11.2. The van der Waals surface area contributed by atoms with Crippen LogP contribution in [0.15, 0.2) is 0 Å². The van der Waals surface area contributed by atoms with Crippen LogP contribution in [-0.4, -0.2) is 47.8 Å². The Labute approximate surface area is 98.6 Å². The Balaban J connectivity index is 3.67. The Morgan fingerprint density at radius 3 is 1.31 bits per heavy atom. The fourth-order valence-corrected chi connectivity index (χ4v) is 1.32. The zero-order valence-corrected chi connectivity index (χ0v) is 11.0. The highest BCUT2D eigenvalue weighted by Crippen LogP contribution is 2.16. The molecular weight excluding hydrogens is 208 g/mol. The molecular formula is C12H26O4. The molecule has 0 aromatic heterocycles. The molecule has 0 aliphatic rings. The summed E-state index contributed by atoms with van der Waals surface area (Å²) in [4.78, 5) is 0. The van der Waals surface area contributed by atoms with Crippen LogP contribution in [0.3, 0.4) is 0 Å². The monoisotopic (exact) mass is 234 g/mol. The van der Waals surface area contributed by atoms with E-state index >= 15 is 0 Å². The molecule has 2 N–H and O–H groups in total. The van der Waals surface area contributed by atoms with E-state index in [1.165, 1.54) is 0 Å². The third-order valence-corrected chi connectivity index (χ3v) is 2.50.